The highest BCUT2D eigenvalue weighted by molar-refractivity contribution is 5.95. The SMILES string of the molecule is COc1ccc(-c2nc(CCNC(=O)Nc3ccc(C(=O)NCC(C)C)cc3)co2)cc1. The normalized spacial score (nSPS) is 10.6. The molecule has 0 spiro atoms. The number of amides is 3. The van der Waals surface area contributed by atoms with E-state index < -0.39 is 0 Å². The zero-order valence-electron chi connectivity index (χ0n) is 18.5. The Kier molecular flexibility index (Phi) is 7.85. The molecule has 2 aromatic carbocycles. The Balaban J connectivity index is 1.43. The number of methoxy groups -OCH3 is 1. The monoisotopic (exact) mass is 436 g/mol. The van der Waals surface area contributed by atoms with Crippen molar-refractivity contribution in [3.63, 3.8) is 0 Å². The van der Waals surface area contributed by atoms with Crippen LogP contribution in [0, 0.1) is 5.92 Å². The summed E-state index contributed by atoms with van der Waals surface area (Å²) >= 11 is 0. The van der Waals surface area contributed by atoms with E-state index in [0.29, 0.717) is 42.6 Å². The number of carbonyl (C=O) groups is 2. The molecule has 0 aliphatic rings. The molecule has 3 amide bonds. The zero-order chi connectivity index (χ0) is 22.9. The van der Waals surface area contributed by atoms with Crippen LogP contribution in [0.5, 0.6) is 5.75 Å². The molecule has 0 saturated heterocycles. The van der Waals surface area contributed by atoms with Gasteiger partial charge in [-0.2, -0.15) is 0 Å². The summed E-state index contributed by atoms with van der Waals surface area (Å²) in [4.78, 5) is 28.6. The van der Waals surface area contributed by atoms with Crippen molar-refractivity contribution in [2.45, 2.75) is 20.3 Å². The lowest BCUT2D eigenvalue weighted by atomic mass is 10.1. The Morgan fingerprint density at radius 2 is 1.75 bits per heavy atom. The molecule has 1 aromatic heterocycles. The number of rotatable bonds is 9. The molecule has 8 heteroatoms. The highest BCUT2D eigenvalue weighted by Gasteiger charge is 2.09. The molecule has 3 rings (SSSR count). The predicted octanol–water partition coefficient (Wildman–Crippen LogP) is 4.10. The maximum Gasteiger partial charge on any atom is 0.319 e. The summed E-state index contributed by atoms with van der Waals surface area (Å²) in [6.07, 6.45) is 2.12. The average Bonchev–Trinajstić information content (AvgIpc) is 3.27. The van der Waals surface area contributed by atoms with E-state index in [2.05, 4.69) is 20.9 Å². The topological polar surface area (TPSA) is 105 Å². The number of nitrogens with one attached hydrogen (secondary N) is 3. The van der Waals surface area contributed by atoms with Crippen LogP contribution in [-0.4, -0.2) is 37.1 Å². The molecule has 0 radical (unpaired) electrons. The molecule has 1 heterocycles. The number of nitrogens with zero attached hydrogens (tertiary/aromatic N) is 1. The Hall–Kier alpha value is -3.81. The zero-order valence-corrected chi connectivity index (χ0v) is 18.5. The Bertz CT molecular complexity index is 1030. The third-order valence-corrected chi connectivity index (χ3v) is 4.63. The van der Waals surface area contributed by atoms with Gasteiger partial charge in [0.15, 0.2) is 0 Å². The number of anilines is 1. The second kappa shape index (κ2) is 11.0. The first-order chi connectivity index (χ1) is 15.4. The first kappa shape index (κ1) is 22.9. The van der Waals surface area contributed by atoms with Gasteiger partial charge < -0.3 is 25.1 Å². The van der Waals surface area contributed by atoms with Crippen molar-refractivity contribution in [3.8, 4) is 17.2 Å². The van der Waals surface area contributed by atoms with Gasteiger partial charge in [0.05, 0.1) is 12.8 Å². The van der Waals surface area contributed by atoms with Crippen LogP contribution in [0.2, 0.25) is 0 Å². The van der Waals surface area contributed by atoms with Gasteiger partial charge in [0.2, 0.25) is 5.89 Å². The van der Waals surface area contributed by atoms with E-state index in [1.165, 1.54) is 0 Å². The summed E-state index contributed by atoms with van der Waals surface area (Å²) in [5.41, 5.74) is 2.75. The van der Waals surface area contributed by atoms with Crippen LogP contribution in [-0.2, 0) is 6.42 Å². The van der Waals surface area contributed by atoms with Crippen molar-refractivity contribution in [2.75, 3.05) is 25.5 Å². The summed E-state index contributed by atoms with van der Waals surface area (Å²) in [7, 11) is 1.61. The van der Waals surface area contributed by atoms with Gasteiger partial charge >= 0.3 is 6.03 Å². The maximum absolute atomic E-state index is 12.1. The van der Waals surface area contributed by atoms with Crippen LogP contribution in [0.4, 0.5) is 10.5 Å². The minimum Gasteiger partial charge on any atom is -0.497 e. The summed E-state index contributed by atoms with van der Waals surface area (Å²) in [6.45, 7) is 5.09. The van der Waals surface area contributed by atoms with Crippen molar-refractivity contribution in [3.05, 3.63) is 66.1 Å². The van der Waals surface area contributed by atoms with Crippen LogP contribution >= 0.6 is 0 Å². The Labute approximate surface area is 187 Å². The highest BCUT2D eigenvalue weighted by Crippen LogP contribution is 2.21. The smallest absolute Gasteiger partial charge is 0.319 e. The van der Waals surface area contributed by atoms with E-state index in [9.17, 15) is 9.59 Å². The molecular weight excluding hydrogens is 408 g/mol. The second-order valence-electron chi connectivity index (χ2n) is 7.68. The van der Waals surface area contributed by atoms with E-state index in [1.54, 1.807) is 37.6 Å². The van der Waals surface area contributed by atoms with Crippen LogP contribution in [0.15, 0.2) is 59.2 Å². The predicted molar refractivity (Wildman–Crippen MR) is 123 cm³/mol. The van der Waals surface area contributed by atoms with Gasteiger partial charge in [-0.15, -0.1) is 0 Å². The quantitative estimate of drug-likeness (QED) is 0.468. The molecule has 32 heavy (non-hydrogen) atoms. The van der Waals surface area contributed by atoms with Gasteiger partial charge in [0, 0.05) is 36.3 Å². The second-order valence-corrected chi connectivity index (χ2v) is 7.68. The maximum atomic E-state index is 12.1. The number of benzene rings is 2. The minimum absolute atomic E-state index is 0.128. The van der Waals surface area contributed by atoms with Gasteiger partial charge in [0.25, 0.3) is 5.91 Å². The number of ether oxygens (including phenoxy) is 1. The number of hydrogen-bond acceptors (Lipinski definition) is 5. The van der Waals surface area contributed by atoms with Crippen molar-refractivity contribution in [1.29, 1.82) is 0 Å². The van der Waals surface area contributed by atoms with Crippen LogP contribution in [0.1, 0.15) is 29.9 Å². The van der Waals surface area contributed by atoms with E-state index in [0.717, 1.165) is 17.0 Å². The van der Waals surface area contributed by atoms with Crippen molar-refractivity contribution < 1.29 is 18.7 Å². The molecular formula is C24H28N4O4. The molecule has 0 aliphatic carbocycles. The summed E-state index contributed by atoms with van der Waals surface area (Å²) in [5.74, 6) is 1.54. The minimum atomic E-state index is -0.333. The fourth-order valence-electron chi connectivity index (χ4n) is 2.87. The lowest BCUT2D eigenvalue weighted by molar-refractivity contribution is 0.0949. The van der Waals surface area contributed by atoms with Crippen LogP contribution in [0.3, 0.4) is 0 Å². The Morgan fingerprint density at radius 3 is 2.41 bits per heavy atom. The van der Waals surface area contributed by atoms with Gasteiger partial charge in [0.1, 0.15) is 12.0 Å². The standard InChI is InChI=1S/C24H28N4O4/c1-16(2)14-26-22(29)17-4-8-19(9-5-17)28-24(30)25-13-12-20-15-32-23(27-20)18-6-10-21(31-3)11-7-18/h4-11,15-16H,12-14H2,1-3H3,(H,26,29)(H2,25,28,30). The number of aromatic nitrogens is 1. The van der Waals surface area contributed by atoms with Crippen molar-refractivity contribution >= 4 is 17.6 Å². The molecule has 3 aromatic rings. The summed E-state index contributed by atoms with van der Waals surface area (Å²) in [6, 6.07) is 13.9. The molecule has 8 nitrogen and oxygen atoms in total. The fraction of sp³-hybridized carbons (Fsp3) is 0.292. The third kappa shape index (κ3) is 6.60. The van der Waals surface area contributed by atoms with Gasteiger partial charge in [-0.05, 0) is 54.4 Å². The lowest BCUT2D eigenvalue weighted by Crippen LogP contribution is -2.30. The van der Waals surface area contributed by atoms with Crippen LogP contribution < -0.4 is 20.7 Å². The Morgan fingerprint density at radius 1 is 1.03 bits per heavy atom. The van der Waals surface area contributed by atoms with Gasteiger partial charge in [-0.1, -0.05) is 13.8 Å². The average molecular weight is 437 g/mol. The first-order valence-electron chi connectivity index (χ1n) is 10.5. The van der Waals surface area contributed by atoms with Gasteiger partial charge in [-0.25, -0.2) is 9.78 Å². The molecule has 0 fully saturated rings. The largest absolute Gasteiger partial charge is 0.497 e. The van der Waals surface area contributed by atoms with Crippen molar-refractivity contribution in [1.82, 2.24) is 15.6 Å². The molecule has 0 bridgehead atoms. The van der Waals surface area contributed by atoms with E-state index in [-0.39, 0.29) is 11.9 Å². The van der Waals surface area contributed by atoms with Gasteiger partial charge in [-0.3, -0.25) is 4.79 Å². The molecule has 0 saturated carbocycles. The summed E-state index contributed by atoms with van der Waals surface area (Å²) < 4.78 is 10.7. The number of oxazole rings is 1. The number of hydrogen-bond donors (Lipinski definition) is 3. The molecule has 0 unspecified atom stereocenters. The first-order valence-corrected chi connectivity index (χ1v) is 10.5. The molecule has 3 N–H and O–H groups in total. The fourth-order valence-corrected chi connectivity index (χ4v) is 2.87. The summed E-state index contributed by atoms with van der Waals surface area (Å²) in [5, 5.41) is 8.40. The van der Waals surface area contributed by atoms with E-state index >= 15 is 0 Å². The van der Waals surface area contributed by atoms with E-state index in [1.807, 2.05) is 38.1 Å². The third-order valence-electron chi connectivity index (χ3n) is 4.63. The van der Waals surface area contributed by atoms with E-state index in [4.69, 9.17) is 9.15 Å². The number of urea groups is 1. The molecule has 0 atom stereocenters. The van der Waals surface area contributed by atoms with Crippen molar-refractivity contribution in [2.24, 2.45) is 5.92 Å². The molecule has 168 valence electrons. The molecule has 0 aliphatic heterocycles. The number of carbonyl (C=O) groups excluding carboxylic acids is 2. The lowest BCUT2D eigenvalue weighted by Gasteiger charge is -2.09. The van der Waals surface area contributed by atoms with Crippen LogP contribution in [0.25, 0.3) is 11.5 Å². The highest BCUT2D eigenvalue weighted by atomic mass is 16.5.